The standard InChI is InChI=1S/C25H23ClN2O7S/c1-36(34,35)28(15-23(29)30)19-12-10-18(11-13-19)17-8-6-16(7-9-17)14-22(25(32)33)27-24(31)20-4-2-3-5-21(20)26/h2-13,22H,14-15H2,1H3,(H,27,31)(H,29,30)(H,32,33)/t22-/m0/s1. The second-order valence-electron chi connectivity index (χ2n) is 7.96. The Balaban J connectivity index is 1.73. The molecule has 0 radical (unpaired) electrons. The van der Waals surface area contributed by atoms with Crippen molar-refractivity contribution in [3.05, 3.63) is 88.9 Å². The zero-order chi connectivity index (χ0) is 26.5. The van der Waals surface area contributed by atoms with Crippen molar-refractivity contribution in [1.29, 1.82) is 0 Å². The number of amides is 1. The normalized spacial score (nSPS) is 11.9. The van der Waals surface area contributed by atoms with Gasteiger partial charge >= 0.3 is 11.9 Å². The molecule has 3 N–H and O–H groups in total. The van der Waals surface area contributed by atoms with E-state index in [4.69, 9.17) is 16.7 Å². The minimum atomic E-state index is -3.78. The Bertz CT molecular complexity index is 1370. The number of benzene rings is 3. The van der Waals surface area contributed by atoms with Crippen LogP contribution in [0.15, 0.2) is 72.8 Å². The Morgan fingerprint density at radius 2 is 1.47 bits per heavy atom. The molecule has 0 heterocycles. The molecule has 0 saturated heterocycles. The van der Waals surface area contributed by atoms with Crippen LogP contribution in [0.1, 0.15) is 15.9 Å². The summed E-state index contributed by atoms with van der Waals surface area (Å²) in [5, 5.41) is 21.3. The van der Waals surface area contributed by atoms with E-state index in [1.165, 1.54) is 18.2 Å². The Hall–Kier alpha value is -3.89. The summed E-state index contributed by atoms with van der Waals surface area (Å²) in [6, 6.07) is 18.5. The van der Waals surface area contributed by atoms with Gasteiger partial charge in [-0.25, -0.2) is 13.2 Å². The fourth-order valence-electron chi connectivity index (χ4n) is 3.49. The molecular weight excluding hydrogens is 508 g/mol. The average molecular weight is 531 g/mol. The third-order valence-corrected chi connectivity index (χ3v) is 6.75. The van der Waals surface area contributed by atoms with Gasteiger partial charge in [-0.05, 0) is 41.0 Å². The number of halogens is 1. The maximum atomic E-state index is 12.5. The lowest BCUT2D eigenvalue weighted by molar-refractivity contribution is -0.139. The number of carboxylic acid groups (broad SMARTS) is 2. The SMILES string of the molecule is CS(=O)(=O)N(CC(=O)O)c1ccc(-c2ccc(C[C@H](NC(=O)c3ccccc3Cl)C(=O)O)cc2)cc1. The third-order valence-electron chi connectivity index (χ3n) is 5.28. The maximum Gasteiger partial charge on any atom is 0.326 e. The summed E-state index contributed by atoms with van der Waals surface area (Å²) >= 11 is 6.02. The molecule has 0 bridgehead atoms. The Morgan fingerprint density at radius 3 is 1.97 bits per heavy atom. The Labute approximate surface area is 213 Å². The second kappa shape index (κ2) is 11.2. The molecule has 3 rings (SSSR count). The van der Waals surface area contributed by atoms with E-state index in [0.717, 1.165) is 21.7 Å². The first-order valence-electron chi connectivity index (χ1n) is 10.6. The van der Waals surface area contributed by atoms with Gasteiger partial charge in [0.15, 0.2) is 0 Å². The van der Waals surface area contributed by atoms with Gasteiger partial charge in [-0.3, -0.25) is 13.9 Å². The van der Waals surface area contributed by atoms with Crippen LogP contribution in [0.25, 0.3) is 11.1 Å². The molecule has 0 unspecified atom stereocenters. The minimum Gasteiger partial charge on any atom is -0.480 e. The van der Waals surface area contributed by atoms with E-state index in [9.17, 15) is 27.9 Å². The molecule has 0 aromatic heterocycles. The van der Waals surface area contributed by atoms with Crippen LogP contribution < -0.4 is 9.62 Å². The fourth-order valence-corrected chi connectivity index (χ4v) is 4.56. The van der Waals surface area contributed by atoms with Crippen LogP contribution in [-0.4, -0.2) is 55.3 Å². The van der Waals surface area contributed by atoms with E-state index >= 15 is 0 Å². The van der Waals surface area contributed by atoms with E-state index in [0.29, 0.717) is 5.56 Å². The Kier molecular flexibility index (Phi) is 8.33. The van der Waals surface area contributed by atoms with Crippen molar-refractivity contribution in [2.75, 3.05) is 17.1 Å². The number of nitrogens with zero attached hydrogens (tertiary/aromatic N) is 1. The first-order valence-corrected chi connectivity index (χ1v) is 12.9. The zero-order valence-electron chi connectivity index (χ0n) is 19.1. The monoisotopic (exact) mass is 530 g/mol. The maximum absolute atomic E-state index is 12.5. The van der Waals surface area contributed by atoms with E-state index in [1.54, 1.807) is 54.6 Å². The van der Waals surface area contributed by atoms with Crippen LogP contribution in [-0.2, 0) is 26.0 Å². The van der Waals surface area contributed by atoms with Gasteiger partial charge in [0, 0.05) is 6.42 Å². The number of hydrogen-bond donors (Lipinski definition) is 3. The quantitative estimate of drug-likeness (QED) is 0.365. The first-order chi connectivity index (χ1) is 17.0. The topological polar surface area (TPSA) is 141 Å². The molecule has 11 heteroatoms. The molecule has 3 aromatic rings. The molecule has 0 aliphatic rings. The van der Waals surface area contributed by atoms with Crippen molar-refractivity contribution in [2.45, 2.75) is 12.5 Å². The third kappa shape index (κ3) is 6.83. The summed E-state index contributed by atoms with van der Waals surface area (Å²) in [7, 11) is -3.78. The molecule has 0 aliphatic heterocycles. The zero-order valence-corrected chi connectivity index (χ0v) is 20.7. The second-order valence-corrected chi connectivity index (χ2v) is 10.3. The number of anilines is 1. The summed E-state index contributed by atoms with van der Waals surface area (Å²) in [4.78, 5) is 35.3. The van der Waals surface area contributed by atoms with Gasteiger partial charge in [-0.1, -0.05) is 60.1 Å². The van der Waals surface area contributed by atoms with Gasteiger partial charge in [0.2, 0.25) is 10.0 Å². The van der Waals surface area contributed by atoms with Gasteiger partial charge in [-0.2, -0.15) is 0 Å². The van der Waals surface area contributed by atoms with E-state index in [-0.39, 0.29) is 22.7 Å². The van der Waals surface area contributed by atoms with Crippen LogP contribution >= 0.6 is 11.6 Å². The lowest BCUT2D eigenvalue weighted by Crippen LogP contribution is -2.42. The summed E-state index contributed by atoms with van der Waals surface area (Å²) in [5.41, 5.74) is 2.60. The molecule has 0 saturated carbocycles. The van der Waals surface area contributed by atoms with Crippen LogP contribution in [0.3, 0.4) is 0 Å². The molecule has 0 fully saturated rings. The summed E-state index contributed by atoms with van der Waals surface area (Å²) in [5.74, 6) is -3.05. The molecule has 36 heavy (non-hydrogen) atoms. The number of hydrogen-bond acceptors (Lipinski definition) is 5. The van der Waals surface area contributed by atoms with Crippen LogP contribution in [0, 0.1) is 0 Å². The number of carboxylic acids is 2. The highest BCUT2D eigenvalue weighted by molar-refractivity contribution is 7.92. The smallest absolute Gasteiger partial charge is 0.326 e. The molecule has 9 nitrogen and oxygen atoms in total. The highest BCUT2D eigenvalue weighted by Gasteiger charge is 2.23. The van der Waals surface area contributed by atoms with Crippen LogP contribution in [0.5, 0.6) is 0 Å². The number of carbonyl (C=O) groups is 3. The highest BCUT2D eigenvalue weighted by atomic mass is 35.5. The number of aliphatic carboxylic acids is 2. The molecule has 1 amide bonds. The van der Waals surface area contributed by atoms with Crippen molar-refractivity contribution >= 4 is 45.2 Å². The molecule has 0 spiro atoms. The van der Waals surface area contributed by atoms with Crippen molar-refractivity contribution in [3.63, 3.8) is 0 Å². The van der Waals surface area contributed by atoms with Gasteiger partial charge in [0.05, 0.1) is 22.5 Å². The van der Waals surface area contributed by atoms with Gasteiger partial charge < -0.3 is 15.5 Å². The average Bonchev–Trinajstić information content (AvgIpc) is 2.82. The number of nitrogens with one attached hydrogen (secondary N) is 1. The van der Waals surface area contributed by atoms with Gasteiger partial charge in [-0.15, -0.1) is 0 Å². The number of sulfonamides is 1. The molecular formula is C25H23ClN2O7S. The van der Waals surface area contributed by atoms with Crippen molar-refractivity contribution in [2.24, 2.45) is 0 Å². The first kappa shape index (κ1) is 26.7. The van der Waals surface area contributed by atoms with Crippen LogP contribution in [0.2, 0.25) is 5.02 Å². The van der Waals surface area contributed by atoms with Gasteiger partial charge in [0.25, 0.3) is 5.91 Å². The lowest BCUT2D eigenvalue weighted by atomic mass is 10.00. The molecule has 0 aliphatic carbocycles. The highest BCUT2D eigenvalue weighted by Crippen LogP contribution is 2.25. The minimum absolute atomic E-state index is 0.0449. The van der Waals surface area contributed by atoms with Crippen LogP contribution in [0.4, 0.5) is 5.69 Å². The van der Waals surface area contributed by atoms with E-state index in [2.05, 4.69) is 5.32 Å². The van der Waals surface area contributed by atoms with Crippen molar-refractivity contribution in [1.82, 2.24) is 5.32 Å². The number of rotatable bonds is 10. The lowest BCUT2D eigenvalue weighted by Gasteiger charge is -2.20. The van der Waals surface area contributed by atoms with Crippen molar-refractivity contribution in [3.8, 4) is 11.1 Å². The summed E-state index contributed by atoms with van der Waals surface area (Å²) in [6.07, 6.45) is 0.979. The fraction of sp³-hybridized carbons (Fsp3) is 0.160. The summed E-state index contributed by atoms with van der Waals surface area (Å²) < 4.78 is 24.7. The van der Waals surface area contributed by atoms with Gasteiger partial charge in [0.1, 0.15) is 12.6 Å². The largest absolute Gasteiger partial charge is 0.480 e. The molecule has 1 atom stereocenters. The van der Waals surface area contributed by atoms with Crippen molar-refractivity contribution < 1.29 is 33.0 Å². The van der Waals surface area contributed by atoms with E-state index < -0.39 is 40.5 Å². The molecule has 3 aromatic carbocycles. The number of carbonyl (C=O) groups excluding carboxylic acids is 1. The molecule has 188 valence electrons. The predicted octanol–water partition coefficient (Wildman–Crippen LogP) is 3.28. The van der Waals surface area contributed by atoms with E-state index in [1.807, 2.05) is 0 Å². The predicted molar refractivity (Wildman–Crippen MR) is 136 cm³/mol. The Morgan fingerprint density at radius 1 is 0.917 bits per heavy atom. The summed E-state index contributed by atoms with van der Waals surface area (Å²) in [6.45, 7) is -0.690.